The molecule has 0 spiro atoms. The predicted molar refractivity (Wildman–Crippen MR) is 73.0 cm³/mol. The van der Waals surface area contributed by atoms with Gasteiger partial charge in [0.15, 0.2) is 0 Å². The molecule has 3 nitrogen and oxygen atoms in total. The summed E-state index contributed by atoms with van der Waals surface area (Å²) in [5, 5.41) is 7.94. The van der Waals surface area contributed by atoms with Gasteiger partial charge >= 0.3 is 0 Å². The van der Waals surface area contributed by atoms with Crippen molar-refractivity contribution in [2.75, 3.05) is 13.1 Å². The van der Waals surface area contributed by atoms with E-state index in [0.717, 1.165) is 18.8 Å². The maximum atomic E-state index is 4.49. The summed E-state index contributed by atoms with van der Waals surface area (Å²) in [5.41, 5.74) is 2.50. The molecule has 2 heterocycles. The van der Waals surface area contributed by atoms with Crippen LogP contribution in [-0.2, 0) is 0 Å². The van der Waals surface area contributed by atoms with E-state index in [1.807, 2.05) is 29.1 Å². The molecule has 2 unspecified atom stereocenters. The lowest BCUT2D eigenvalue weighted by atomic mass is 9.84. The van der Waals surface area contributed by atoms with E-state index in [0.29, 0.717) is 11.8 Å². The highest BCUT2D eigenvalue weighted by molar-refractivity contribution is 5.31. The molecule has 1 aliphatic rings. The van der Waals surface area contributed by atoms with Crippen LogP contribution < -0.4 is 5.32 Å². The number of nitrogens with one attached hydrogen (secondary N) is 1. The third kappa shape index (κ3) is 2.18. The Morgan fingerprint density at radius 1 is 1.28 bits per heavy atom. The van der Waals surface area contributed by atoms with Gasteiger partial charge in [0, 0.05) is 6.20 Å². The van der Waals surface area contributed by atoms with Gasteiger partial charge in [-0.25, -0.2) is 4.68 Å². The second-order valence-electron chi connectivity index (χ2n) is 5.13. The van der Waals surface area contributed by atoms with Gasteiger partial charge < -0.3 is 5.32 Å². The SMILES string of the molecule is CC1CNCCC1c1cnn(-c2ccccc2)c1. The summed E-state index contributed by atoms with van der Waals surface area (Å²) in [4.78, 5) is 0. The molecule has 0 bridgehead atoms. The fourth-order valence-corrected chi connectivity index (χ4v) is 2.76. The highest BCUT2D eigenvalue weighted by atomic mass is 15.3. The first-order valence-electron chi connectivity index (χ1n) is 6.65. The number of para-hydroxylation sites is 1. The maximum Gasteiger partial charge on any atom is 0.0645 e. The summed E-state index contributed by atoms with van der Waals surface area (Å²) in [6.45, 7) is 4.55. The van der Waals surface area contributed by atoms with Crippen LogP contribution in [0.25, 0.3) is 5.69 Å². The Kier molecular flexibility index (Phi) is 3.15. The normalized spacial score (nSPS) is 24.1. The van der Waals surface area contributed by atoms with Crippen molar-refractivity contribution in [3.8, 4) is 5.69 Å². The summed E-state index contributed by atoms with van der Waals surface area (Å²) in [7, 11) is 0. The van der Waals surface area contributed by atoms with Crippen LogP contribution in [0.2, 0.25) is 0 Å². The van der Waals surface area contributed by atoms with Crippen LogP contribution in [0.15, 0.2) is 42.7 Å². The lowest BCUT2D eigenvalue weighted by Crippen LogP contribution is -2.33. The number of rotatable bonds is 2. The van der Waals surface area contributed by atoms with Crippen LogP contribution in [0, 0.1) is 5.92 Å². The molecule has 1 aliphatic heterocycles. The summed E-state index contributed by atoms with van der Waals surface area (Å²) >= 11 is 0. The van der Waals surface area contributed by atoms with E-state index < -0.39 is 0 Å². The predicted octanol–water partition coefficient (Wildman–Crippen LogP) is 2.59. The van der Waals surface area contributed by atoms with Crippen LogP contribution in [-0.4, -0.2) is 22.9 Å². The first-order chi connectivity index (χ1) is 8.84. The van der Waals surface area contributed by atoms with Crippen LogP contribution in [0.4, 0.5) is 0 Å². The van der Waals surface area contributed by atoms with Crippen molar-refractivity contribution in [1.82, 2.24) is 15.1 Å². The molecule has 0 amide bonds. The molecule has 1 aromatic carbocycles. The molecule has 1 aromatic heterocycles. The van der Waals surface area contributed by atoms with Crippen LogP contribution in [0.3, 0.4) is 0 Å². The fraction of sp³-hybridized carbons (Fsp3) is 0.400. The fourth-order valence-electron chi connectivity index (χ4n) is 2.76. The Balaban J connectivity index is 1.85. The highest BCUT2D eigenvalue weighted by Gasteiger charge is 2.23. The van der Waals surface area contributed by atoms with Crippen molar-refractivity contribution < 1.29 is 0 Å². The molecule has 3 heteroatoms. The molecular weight excluding hydrogens is 222 g/mol. The Hall–Kier alpha value is -1.61. The summed E-state index contributed by atoms with van der Waals surface area (Å²) in [6, 6.07) is 10.3. The first-order valence-corrected chi connectivity index (χ1v) is 6.65. The van der Waals surface area contributed by atoms with E-state index >= 15 is 0 Å². The van der Waals surface area contributed by atoms with Crippen molar-refractivity contribution in [3.05, 3.63) is 48.3 Å². The molecule has 3 rings (SSSR count). The molecule has 94 valence electrons. The van der Waals surface area contributed by atoms with Gasteiger partial charge in [-0.3, -0.25) is 0 Å². The minimum atomic E-state index is 0.642. The molecule has 0 aliphatic carbocycles. The zero-order valence-corrected chi connectivity index (χ0v) is 10.7. The van der Waals surface area contributed by atoms with Crippen molar-refractivity contribution >= 4 is 0 Å². The average Bonchev–Trinajstić information content (AvgIpc) is 2.90. The average molecular weight is 241 g/mol. The van der Waals surface area contributed by atoms with Crippen molar-refractivity contribution in [3.63, 3.8) is 0 Å². The highest BCUT2D eigenvalue weighted by Crippen LogP contribution is 2.29. The molecule has 2 aromatic rings. The maximum absolute atomic E-state index is 4.49. The van der Waals surface area contributed by atoms with Gasteiger partial charge in [-0.1, -0.05) is 25.1 Å². The minimum Gasteiger partial charge on any atom is -0.316 e. The van der Waals surface area contributed by atoms with Crippen LogP contribution in [0.1, 0.15) is 24.8 Å². The number of benzene rings is 1. The number of hydrogen-bond donors (Lipinski definition) is 1. The van der Waals surface area contributed by atoms with E-state index in [4.69, 9.17) is 0 Å². The third-order valence-electron chi connectivity index (χ3n) is 3.84. The summed E-state index contributed by atoms with van der Waals surface area (Å²) in [6.07, 6.45) is 5.42. The molecule has 2 atom stereocenters. The zero-order valence-electron chi connectivity index (χ0n) is 10.7. The van der Waals surface area contributed by atoms with Gasteiger partial charge in [-0.2, -0.15) is 5.10 Å². The van der Waals surface area contributed by atoms with Gasteiger partial charge in [0.25, 0.3) is 0 Å². The van der Waals surface area contributed by atoms with Crippen molar-refractivity contribution in [2.24, 2.45) is 5.92 Å². The number of nitrogens with zero attached hydrogens (tertiary/aromatic N) is 2. The van der Waals surface area contributed by atoms with E-state index in [9.17, 15) is 0 Å². The standard InChI is InChI=1S/C15H19N3/c1-12-9-16-8-7-15(12)13-10-17-18(11-13)14-5-3-2-4-6-14/h2-6,10-12,15-16H,7-9H2,1H3. The molecular formula is C15H19N3. The lowest BCUT2D eigenvalue weighted by Gasteiger charge is -2.28. The van der Waals surface area contributed by atoms with Crippen LogP contribution in [0.5, 0.6) is 0 Å². The Morgan fingerprint density at radius 3 is 2.89 bits per heavy atom. The monoisotopic (exact) mass is 241 g/mol. The van der Waals surface area contributed by atoms with Gasteiger partial charge in [0.05, 0.1) is 11.9 Å². The summed E-state index contributed by atoms with van der Waals surface area (Å²) < 4.78 is 1.98. The molecule has 1 fully saturated rings. The van der Waals surface area contributed by atoms with Crippen molar-refractivity contribution in [1.29, 1.82) is 0 Å². The molecule has 18 heavy (non-hydrogen) atoms. The quantitative estimate of drug-likeness (QED) is 0.876. The molecule has 1 N–H and O–H groups in total. The molecule has 0 radical (unpaired) electrons. The Bertz CT molecular complexity index is 503. The largest absolute Gasteiger partial charge is 0.316 e. The summed E-state index contributed by atoms with van der Waals surface area (Å²) in [5.74, 6) is 1.33. The van der Waals surface area contributed by atoms with Gasteiger partial charge in [-0.05, 0) is 49.0 Å². The van der Waals surface area contributed by atoms with E-state index in [-0.39, 0.29) is 0 Å². The second kappa shape index (κ2) is 4.94. The smallest absolute Gasteiger partial charge is 0.0645 e. The van der Waals surface area contributed by atoms with Gasteiger partial charge in [0.2, 0.25) is 0 Å². The zero-order chi connectivity index (χ0) is 12.4. The number of piperidine rings is 1. The van der Waals surface area contributed by atoms with Crippen LogP contribution >= 0.6 is 0 Å². The van der Waals surface area contributed by atoms with Gasteiger partial charge in [0.1, 0.15) is 0 Å². The minimum absolute atomic E-state index is 0.642. The third-order valence-corrected chi connectivity index (χ3v) is 3.84. The number of hydrogen-bond acceptors (Lipinski definition) is 2. The second-order valence-corrected chi connectivity index (χ2v) is 5.13. The molecule has 0 saturated carbocycles. The lowest BCUT2D eigenvalue weighted by molar-refractivity contribution is 0.349. The Morgan fingerprint density at radius 2 is 2.11 bits per heavy atom. The van der Waals surface area contributed by atoms with E-state index in [1.165, 1.54) is 12.0 Å². The van der Waals surface area contributed by atoms with Crippen molar-refractivity contribution in [2.45, 2.75) is 19.3 Å². The topological polar surface area (TPSA) is 29.9 Å². The van der Waals surface area contributed by atoms with E-state index in [1.54, 1.807) is 0 Å². The Labute approximate surface area is 108 Å². The van der Waals surface area contributed by atoms with Gasteiger partial charge in [-0.15, -0.1) is 0 Å². The van der Waals surface area contributed by atoms with E-state index in [2.05, 4.69) is 35.7 Å². The molecule has 1 saturated heterocycles. The number of aromatic nitrogens is 2. The first kappa shape index (κ1) is 11.5.